The average molecular weight is 327 g/mol. The fourth-order valence-corrected chi connectivity index (χ4v) is 2.75. The zero-order chi connectivity index (χ0) is 13.0. The van der Waals surface area contributed by atoms with Crippen molar-refractivity contribution < 1.29 is 9.32 Å². The highest BCUT2D eigenvalue weighted by atomic mass is 79.9. The van der Waals surface area contributed by atoms with Crippen LogP contribution in [0.4, 0.5) is 0 Å². The normalized spacial score (nSPS) is 10.6. The summed E-state index contributed by atoms with van der Waals surface area (Å²) in [4.78, 5) is 16.2. The first-order valence-corrected chi connectivity index (χ1v) is 7.11. The van der Waals surface area contributed by atoms with E-state index in [2.05, 4.69) is 26.1 Å². The second-order valence-corrected chi connectivity index (χ2v) is 5.57. The second kappa shape index (κ2) is 6.15. The van der Waals surface area contributed by atoms with Crippen LogP contribution in [0, 0.1) is 0 Å². The Kier molecular flexibility index (Phi) is 4.54. The SMILES string of the molecule is CC(=O)Cc1nc(CSc2ccccc2Br)no1. The molecule has 0 bridgehead atoms. The van der Waals surface area contributed by atoms with E-state index < -0.39 is 0 Å². The molecule has 0 N–H and O–H groups in total. The molecule has 0 radical (unpaired) electrons. The van der Waals surface area contributed by atoms with Gasteiger partial charge in [0.2, 0.25) is 5.89 Å². The van der Waals surface area contributed by atoms with Crippen LogP contribution in [0.3, 0.4) is 0 Å². The van der Waals surface area contributed by atoms with Crippen LogP contribution < -0.4 is 0 Å². The Balaban J connectivity index is 1.96. The minimum Gasteiger partial charge on any atom is -0.339 e. The van der Waals surface area contributed by atoms with Crippen LogP contribution in [0.25, 0.3) is 0 Å². The zero-order valence-corrected chi connectivity index (χ0v) is 12.1. The highest BCUT2D eigenvalue weighted by Gasteiger charge is 2.09. The lowest BCUT2D eigenvalue weighted by Gasteiger charge is -2.00. The molecule has 0 amide bonds. The Morgan fingerprint density at radius 1 is 1.44 bits per heavy atom. The van der Waals surface area contributed by atoms with Crippen molar-refractivity contribution in [3.8, 4) is 0 Å². The van der Waals surface area contributed by atoms with Gasteiger partial charge in [0.25, 0.3) is 0 Å². The summed E-state index contributed by atoms with van der Waals surface area (Å²) in [5.41, 5.74) is 0. The van der Waals surface area contributed by atoms with Crippen molar-refractivity contribution in [2.45, 2.75) is 24.0 Å². The largest absolute Gasteiger partial charge is 0.339 e. The highest BCUT2D eigenvalue weighted by molar-refractivity contribution is 9.10. The molecule has 0 atom stereocenters. The third-order valence-corrected chi connectivity index (χ3v) is 4.13. The van der Waals surface area contributed by atoms with E-state index in [9.17, 15) is 4.79 Å². The van der Waals surface area contributed by atoms with Crippen molar-refractivity contribution in [2.75, 3.05) is 0 Å². The molecule has 18 heavy (non-hydrogen) atoms. The van der Waals surface area contributed by atoms with E-state index in [-0.39, 0.29) is 12.2 Å². The van der Waals surface area contributed by atoms with Gasteiger partial charge in [-0.1, -0.05) is 17.3 Å². The number of hydrogen-bond acceptors (Lipinski definition) is 5. The van der Waals surface area contributed by atoms with Crippen molar-refractivity contribution in [2.24, 2.45) is 0 Å². The number of thioether (sulfide) groups is 1. The number of ketones is 1. The van der Waals surface area contributed by atoms with E-state index in [1.807, 2.05) is 24.3 Å². The summed E-state index contributed by atoms with van der Waals surface area (Å²) in [6, 6.07) is 7.95. The smallest absolute Gasteiger partial charge is 0.234 e. The van der Waals surface area contributed by atoms with Crippen molar-refractivity contribution in [1.29, 1.82) is 0 Å². The number of aromatic nitrogens is 2. The molecule has 2 rings (SSSR count). The number of carbonyl (C=O) groups excluding carboxylic acids is 1. The fourth-order valence-electron chi connectivity index (χ4n) is 1.34. The summed E-state index contributed by atoms with van der Waals surface area (Å²) in [6.45, 7) is 1.50. The molecule has 94 valence electrons. The molecule has 0 saturated heterocycles. The van der Waals surface area contributed by atoms with Crippen molar-refractivity contribution >= 4 is 33.5 Å². The van der Waals surface area contributed by atoms with Crippen LogP contribution in [-0.4, -0.2) is 15.9 Å². The molecule has 0 aliphatic rings. The summed E-state index contributed by atoms with van der Waals surface area (Å²) in [5, 5.41) is 3.84. The summed E-state index contributed by atoms with van der Waals surface area (Å²) in [7, 11) is 0. The molecular formula is C12H11BrN2O2S. The molecule has 0 aliphatic heterocycles. The van der Waals surface area contributed by atoms with Gasteiger partial charge in [0.15, 0.2) is 5.82 Å². The Morgan fingerprint density at radius 2 is 2.22 bits per heavy atom. The van der Waals surface area contributed by atoms with Crippen molar-refractivity contribution in [1.82, 2.24) is 10.1 Å². The molecule has 4 nitrogen and oxygen atoms in total. The maximum absolute atomic E-state index is 10.9. The van der Waals surface area contributed by atoms with E-state index in [1.54, 1.807) is 11.8 Å². The number of benzene rings is 1. The van der Waals surface area contributed by atoms with Gasteiger partial charge in [0.1, 0.15) is 5.78 Å². The summed E-state index contributed by atoms with van der Waals surface area (Å²) in [5.74, 6) is 1.62. The lowest BCUT2D eigenvalue weighted by molar-refractivity contribution is -0.116. The zero-order valence-electron chi connectivity index (χ0n) is 9.72. The molecule has 0 aliphatic carbocycles. The van der Waals surface area contributed by atoms with E-state index in [1.165, 1.54) is 6.92 Å². The molecule has 1 heterocycles. The topological polar surface area (TPSA) is 56.0 Å². The van der Waals surface area contributed by atoms with Crippen LogP contribution in [0.1, 0.15) is 18.6 Å². The summed E-state index contributed by atoms with van der Waals surface area (Å²) in [6.07, 6.45) is 0.201. The third kappa shape index (κ3) is 3.68. The van der Waals surface area contributed by atoms with Gasteiger partial charge in [-0.3, -0.25) is 4.79 Å². The predicted molar refractivity (Wildman–Crippen MR) is 72.4 cm³/mol. The molecule has 2 aromatic rings. The van der Waals surface area contributed by atoms with Gasteiger partial charge in [0.05, 0.1) is 12.2 Å². The quantitative estimate of drug-likeness (QED) is 0.789. The van der Waals surface area contributed by atoms with Crippen LogP contribution in [0.15, 0.2) is 38.2 Å². The second-order valence-electron chi connectivity index (χ2n) is 3.70. The number of rotatable bonds is 5. The molecule has 1 aromatic heterocycles. The molecule has 0 spiro atoms. The van der Waals surface area contributed by atoms with Gasteiger partial charge in [0, 0.05) is 9.37 Å². The molecule has 1 aromatic carbocycles. The maximum Gasteiger partial charge on any atom is 0.234 e. The van der Waals surface area contributed by atoms with Gasteiger partial charge in [-0.15, -0.1) is 11.8 Å². The molecule has 0 unspecified atom stereocenters. The lowest BCUT2D eigenvalue weighted by atomic mass is 10.3. The minimum absolute atomic E-state index is 0.0173. The molecule has 0 fully saturated rings. The van der Waals surface area contributed by atoms with Gasteiger partial charge < -0.3 is 4.52 Å². The van der Waals surface area contributed by atoms with E-state index in [0.29, 0.717) is 17.5 Å². The Labute approximate surface area is 117 Å². The first kappa shape index (κ1) is 13.3. The van der Waals surface area contributed by atoms with Gasteiger partial charge in [-0.25, -0.2) is 0 Å². The van der Waals surface area contributed by atoms with Gasteiger partial charge in [-0.2, -0.15) is 4.98 Å². The summed E-state index contributed by atoms with van der Waals surface area (Å²) >= 11 is 5.09. The maximum atomic E-state index is 10.9. The number of hydrogen-bond donors (Lipinski definition) is 0. The van der Waals surface area contributed by atoms with Gasteiger partial charge in [-0.05, 0) is 35.0 Å². The van der Waals surface area contributed by atoms with Crippen LogP contribution in [0.5, 0.6) is 0 Å². The number of halogens is 1. The Hall–Kier alpha value is -1.14. The van der Waals surface area contributed by atoms with E-state index in [0.717, 1.165) is 9.37 Å². The first-order valence-electron chi connectivity index (χ1n) is 5.33. The van der Waals surface area contributed by atoms with Crippen LogP contribution in [0.2, 0.25) is 0 Å². The van der Waals surface area contributed by atoms with Gasteiger partial charge >= 0.3 is 0 Å². The fraction of sp³-hybridized carbons (Fsp3) is 0.250. The minimum atomic E-state index is 0.0173. The van der Waals surface area contributed by atoms with Crippen LogP contribution in [-0.2, 0) is 17.0 Å². The molecular weight excluding hydrogens is 316 g/mol. The number of nitrogens with zero attached hydrogens (tertiary/aromatic N) is 2. The number of Topliss-reactive ketones (excluding diaryl/α,β-unsaturated/α-hetero) is 1. The van der Waals surface area contributed by atoms with E-state index >= 15 is 0 Å². The standard InChI is InChI=1S/C12H11BrN2O2S/c1-8(16)6-12-14-11(15-17-12)7-18-10-5-3-2-4-9(10)13/h2-5H,6-7H2,1H3. The molecule has 6 heteroatoms. The van der Waals surface area contributed by atoms with Crippen LogP contribution >= 0.6 is 27.7 Å². The Morgan fingerprint density at radius 3 is 2.94 bits per heavy atom. The first-order chi connectivity index (χ1) is 8.65. The highest BCUT2D eigenvalue weighted by Crippen LogP contribution is 2.28. The van der Waals surface area contributed by atoms with Crippen molar-refractivity contribution in [3.05, 3.63) is 40.5 Å². The van der Waals surface area contributed by atoms with E-state index in [4.69, 9.17) is 4.52 Å². The Bertz CT molecular complexity index is 557. The van der Waals surface area contributed by atoms with Crippen molar-refractivity contribution in [3.63, 3.8) is 0 Å². The monoisotopic (exact) mass is 326 g/mol. The third-order valence-electron chi connectivity index (χ3n) is 2.10. The average Bonchev–Trinajstić information content (AvgIpc) is 2.75. The predicted octanol–water partition coefficient (Wildman–Crippen LogP) is 3.26. The number of carbonyl (C=O) groups is 1. The molecule has 0 saturated carbocycles. The lowest BCUT2D eigenvalue weighted by Crippen LogP contribution is -1.96. The summed E-state index contributed by atoms with van der Waals surface area (Å²) < 4.78 is 6.03.